The van der Waals surface area contributed by atoms with Crippen molar-refractivity contribution in [3.05, 3.63) is 71.2 Å². The molecule has 0 fully saturated rings. The van der Waals surface area contributed by atoms with Gasteiger partial charge in [-0.2, -0.15) is 10.1 Å². The van der Waals surface area contributed by atoms with Crippen molar-refractivity contribution in [2.45, 2.75) is 40.5 Å². The number of hydrogen-bond acceptors (Lipinski definition) is 5. The number of fused-ring (bicyclic) bond motifs is 1. The summed E-state index contributed by atoms with van der Waals surface area (Å²) in [6.45, 7) is 8.60. The fourth-order valence-electron chi connectivity index (χ4n) is 4.17. The van der Waals surface area contributed by atoms with Gasteiger partial charge in [0, 0.05) is 17.4 Å². The van der Waals surface area contributed by atoms with Crippen LogP contribution in [0.5, 0.6) is 11.6 Å². The molecule has 182 valence electrons. The van der Waals surface area contributed by atoms with Gasteiger partial charge in [-0.1, -0.05) is 18.2 Å². The molecule has 0 saturated heterocycles. The lowest BCUT2D eigenvalue weighted by Gasteiger charge is -2.15. The number of benzene rings is 2. The van der Waals surface area contributed by atoms with Crippen LogP contribution in [0, 0.1) is 19.7 Å². The maximum atomic E-state index is 13.9. The minimum atomic E-state index is -0.348. The van der Waals surface area contributed by atoms with E-state index in [-0.39, 0.29) is 18.1 Å². The smallest absolute Gasteiger partial charge is 0.224 e. The molecule has 0 aliphatic carbocycles. The fourth-order valence-corrected chi connectivity index (χ4v) is 4.17. The SMILES string of the molecule is CCOc1ccccc1NC(=O)CCc1c(OCC)nc2c(c(C)nn2-c2cccc(F)c2)c1C. The van der Waals surface area contributed by atoms with Crippen LogP contribution in [0.4, 0.5) is 10.1 Å². The van der Waals surface area contributed by atoms with Crippen LogP contribution < -0.4 is 14.8 Å². The Morgan fingerprint density at radius 1 is 1.06 bits per heavy atom. The Hall–Kier alpha value is -3.94. The summed E-state index contributed by atoms with van der Waals surface area (Å²) >= 11 is 0. The summed E-state index contributed by atoms with van der Waals surface area (Å²) in [5.74, 6) is 0.612. The van der Waals surface area contributed by atoms with Crippen LogP contribution in [-0.2, 0) is 11.2 Å². The number of pyridine rings is 1. The van der Waals surface area contributed by atoms with Gasteiger partial charge in [0.2, 0.25) is 11.8 Å². The quantitative estimate of drug-likeness (QED) is 0.343. The van der Waals surface area contributed by atoms with Crippen molar-refractivity contribution in [2.24, 2.45) is 0 Å². The molecule has 4 rings (SSSR count). The van der Waals surface area contributed by atoms with Crippen LogP contribution in [0.2, 0.25) is 0 Å². The highest BCUT2D eigenvalue weighted by Gasteiger charge is 2.21. The van der Waals surface area contributed by atoms with Crippen LogP contribution in [0.15, 0.2) is 48.5 Å². The van der Waals surface area contributed by atoms with Gasteiger partial charge in [0.1, 0.15) is 11.6 Å². The van der Waals surface area contributed by atoms with Crippen LogP contribution in [0.25, 0.3) is 16.7 Å². The average molecular weight is 477 g/mol. The zero-order valence-corrected chi connectivity index (χ0v) is 20.4. The molecule has 35 heavy (non-hydrogen) atoms. The predicted octanol–water partition coefficient (Wildman–Crippen LogP) is 5.55. The highest BCUT2D eigenvalue weighted by molar-refractivity contribution is 5.92. The van der Waals surface area contributed by atoms with E-state index in [9.17, 15) is 9.18 Å². The van der Waals surface area contributed by atoms with Crippen molar-refractivity contribution in [3.63, 3.8) is 0 Å². The van der Waals surface area contributed by atoms with Gasteiger partial charge in [-0.3, -0.25) is 4.79 Å². The molecular formula is C27H29FN4O3. The van der Waals surface area contributed by atoms with E-state index in [0.717, 1.165) is 22.2 Å². The highest BCUT2D eigenvalue weighted by atomic mass is 19.1. The maximum Gasteiger partial charge on any atom is 0.224 e. The van der Waals surface area contributed by atoms with Crippen molar-refractivity contribution in [3.8, 4) is 17.3 Å². The molecule has 0 radical (unpaired) electrons. The van der Waals surface area contributed by atoms with Crippen LogP contribution in [0.3, 0.4) is 0 Å². The van der Waals surface area contributed by atoms with E-state index in [1.54, 1.807) is 16.8 Å². The number of carbonyl (C=O) groups is 1. The topological polar surface area (TPSA) is 78.3 Å². The lowest BCUT2D eigenvalue weighted by Crippen LogP contribution is -2.14. The van der Waals surface area contributed by atoms with E-state index < -0.39 is 0 Å². The predicted molar refractivity (Wildman–Crippen MR) is 134 cm³/mol. The van der Waals surface area contributed by atoms with Crippen LogP contribution >= 0.6 is 0 Å². The first kappa shape index (κ1) is 24.2. The number of nitrogens with zero attached hydrogens (tertiary/aromatic N) is 3. The largest absolute Gasteiger partial charge is 0.492 e. The minimum Gasteiger partial charge on any atom is -0.492 e. The Labute approximate surface area is 203 Å². The highest BCUT2D eigenvalue weighted by Crippen LogP contribution is 2.32. The number of nitrogens with one attached hydrogen (secondary N) is 1. The van der Waals surface area contributed by atoms with Gasteiger partial charge in [-0.05, 0) is 70.0 Å². The van der Waals surface area contributed by atoms with Crippen LogP contribution in [-0.4, -0.2) is 33.9 Å². The molecule has 1 amide bonds. The van der Waals surface area contributed by atoms with Crippen molar-refractivity contribution in [1.29, 1.82) is 0 Å². The Kier molecular flexibility index (Phi) is 7.29. The normalized spacial score (nSPS) is 11.0. The Morgan fingerprint density at radius 3 is 2.57 bits per heavy atom. The van der Waals surface area contributed by atoms with E-state index in [4.69, 9.17) is 14.5 Å². The van der Waals surface area contributed by atoms with Gasteiger partial charge in [0.25, 0.3) is 0 Å². The number of hydrogen-bond donors (Lipinski definition) is 1. The lowest BCUT2D eigenvalue weighted by atomic mass is 10.0. The van der Waals surface area contributed by atoms with E-state index in [2.05, 4.69) is 10.4 Å². The van der Waals surface area contributed by atoms with Gasteiger partial charge < -0.3 is 14.8 Å². The summed E-state index contributed by atoms with van der Waals surface area (Å²) in [5.41, 5.74) is 4.39. The Bertz CT molecular complexity index is 1370. The summed E-state index contributed by atoms with van der Waals surface area (Å²) in [4.78, 5) is 17.6. The second-order valence-corrected chi connectivity index (χ2v) is 8.11. The molecule has 2 aromatic carbocycles. The Morgan fingerprint density at radius 2 is 1.83 bits per heavy atom. The Balaban J connectivity index is 1.65. The van der Waals surface area contributed by atoms with Gasteiger partial charge in [-0.15, -0.1) is 0 Å². The standard InChI is InChI=1S/C27H29FN4O3/c1-5-34-23-13-8-7-12-22(23)29-24(33)15-14-21-17(3)25-18(4)31-32(20-11-9-10-19(28)16-20)26(25)30-27(21)35-6-2/h7-13,16H,5-6,14-15H2,1-4H3,(H,29,33). The molecule has 4 aromatic rings. The summed E-state index contributed by atoms with van der Waals surface area (Å²) in [6, 6.07) is 13.6. The third-order valence-electron chi connectivity index (χ3n) is 5.73. The van der Waals surface area contributed by atoms with E-state index in [0.29, 0.717) is 48.3 Å². The molecule has 7 nitrogen and oxygen atoms in total. The average Bonchev–Trinajstić information content (AvgIpc) is 3.17. The van der Waals surface area contributed by atoms with Crippen molar-refractivity contribution in [2.75, 3.05) is 18.5 Å². The molecule has 0 unspecified atom stereocenters. The number of rotatable bonds is 9. The van der Waals surface area contributed by atoms with Crippen molar-refractivity contribution >= 4 is 22.6 Å². The first-order valence-corrected chi connectivity index (χ1v) is 11.7. The second-order valence-electron chi connectivity index (χ2n) is 8.11. The van der Waals surface area contributed by atoms with Gasteiger partial charge in [0.05, 0.1) is 30.3 Å². The van der Waals surface area contributed by atoms with Gasteiger partial charge in [-0.25, -0.2) is 9.07 Å². The monoisotopic (exact) mass is 476 g/mol. The second kappa shape index (κ2) is 10.5. The number of anilines is 1. The number of ether oxygens (including phenoxy) is 2. The summed E-state index contributed by atoms with van der Waals surface area (Å²) in [5, 5.41) is 8.43. The first-order chi connectivity index (χ1) is 16.9. The number of halogens is 1. The molecule has 0 aliphatic heterocycles. The number of amides is 1. The van der Waals surface area contributed by atoms with Crippen molar-refractivity contribution in [1.82, 2.24) is 14.8 Å². The number of aromatic nitrogens is 3. The van der Waals surface area contributed by atoms with E-state index in [1.165, 1.54) is 12.1 Å². The molecule has 2 aromatic heterocycles. The minimum absolute atomic E-state index is 0.133. The molecule has 0 atom stereocenters. The van der Waals surface area contributed by atoms with Crippen molar-refractivity contribution < 1.29 is 18.7 Å². The zero-order valence-electron chi connectivity index (χ0n) is 20.4. The zero-order chi connectivity index (χ0) is 24.9. The maximum absolute atomic E-state index is 13.9. The van der Waals surface area contributed by atoms with E-state index >= 15 is 0 Å². The summed E-state index contributed by atoms with van der Waals surface area (Å²) < 4.78 is 27.0. The number of aryl methyl sites for hydroxylation is 2. The molecule has 0 aliphatic rings. The molecule has 0 saturated carbocycles. The molecule has 8 heteroatoms. The molecule has 0 bridgehead atoms. The molecule has 0 spiro atoms. The van der Waals surface area contributed by atoms with E-state index in [1.807, 2.05) is 52.0 Å². The third kappa shape index (κ3) is 5.11. The van der Waals surface area contributed by atoms with Crippen LogP contribution in [0.1, 0.15) is 37.1 Å². The molecular weight excluding hydrogens is 447 g/mol. The number of carbonyl (C=O) groups excluding carboxylic acids is 1. The summed E-state index contributed by atoms with van der Waals surface area (Å²) in [7, 11) is 0. The number of para-hydroxylation sites is 2. The molecule has 1 N–H and O–H groups in total. The summed E-state index contributed by atoms with van der Waals surface area (Å²) in [6.07, 6.45) is 0.684. The van der Waals surface area contributed by atoms with Gasteiger partial charge in [0.15, 0.2) is 5.65 Å². The third-order valence-corrected chi connectivity index (χ3v) is 5.73. The fraction of sp³-hybridized carbons (Fsp3) is 0.296. The first-order valence-electron chi connectivity index (χ1n) is 11.7. The van der Waals surface area contributed by atoms with Gasteiger partial charge >= 0.3 is 0 Å². The molecule has 2 heterocycles. The lowest BCUT2D eigenvalue weighted by molar-refractivity contribution is -0.116.